The molecular weight excluding hydrogens is 1920 g/mol. The monoisotopic (exact) mass is 2000 g/mol. The topological polar surface area (TPSA) is 390 Å². The van der Waals surface area contributed by atoms with E-state index in [2.05, 4.69) is 134 Å². The predicted octanol–water partition coefficient (Wildman–Crippen LogP) is 17.1. The van der Waals surface area contributed by atoms with E-state index in [-0.39, 0.29) is 43.6 Å². The number of para-hydroxylation sites is 2. The number of aliphatic hydroxyl groups excluding tert-OH is 2. The number of benzene rings is 12. The molecule has 1 amide bonds. The first kappa shape index (κ1) is 103. The first-order valence-corrected chi connectivity index (χ1v) is 46.6. The van der Waals surface area contributed by atoms with E-state index < -0.39 is 56.1 Å². The Labute approximate surface area is 764 Å². The number of carbonyl (C=O) groups is 2. The molecule has 0 saturated heterocycles. The zero-order valence-corrected chi connectivity index (χ0v) is 75.9. The standard InChI is InChI=1S/C23H19N3O3S.C17H13NO4S.C17H15NO2S.C15H13NO3S.C12H10INO2S.C6H6IN.C3H4O.C3H6/c24-21-14-5-6-15-22(21)25-23(27)16-7-4-9-18-10-8-11-19(17-18)26-30(28,29)20-12-2-1-3-13-20;19-17(20)12-5-4-7-14-8-6-9-15(13-14)18-23(21,22)16-10-2-1-3-11-16;1-2-3-5-9-15-10-8-11-16(14-15)18-21(19,20)17-12-6-4-7-13-17;17-11-5-7-13-6-4-8-14(12-13)16-20(18,19)15-9-2-1-3-10-15;13-10-5-4-6-11(9-10)14-17(15,16)12-7-2-1-3-8-12;7-5-2-1-3-6(8)4-5;1-2-3-4;1-3-2/h1-3,5-8,10-17,26H,24H2,(H,25,27);1-3,5-6,8-13,18H,(H,19,20);2-4,6-8,10-14,18H,1H3;1-4,6,8-10,12,16-17H,11H2;1-9,14H;1-4H,8H2;1,4H,3H2;3H,1H2,2H3/b16-7+;12-5+;3-2+;;;;;. The maximum Gasteiger partial charge on any atom is 0.328 e. The lowest BCUT2D eigenvalue weighted by Gasteiger charge is -2.08. The van der Waals surface area contributed by atoms with Crippen LogP contribution in [0.5, 0.6) is 0 Å². The highest BCUT2D eigenvalue weighted by Gasteiger charge is 2.18. The fraction of sp³-hybridized carbons (Fsp3) is 0.0417. The molecule has 23 nitrogen and oxygen atoms in total. The van der Waals surface area contributed by atoms with Crippen molar-refractivity contribution in [2.45, 2.75) is 38.3 Å². The van der Waals surface area contributed by atoms with Crippen LogP contribution in [0.1, 0.15) is 36.1 Å². The average molecular weight is 2010 g/mol. The summed E-state index contributed by atoms with van der Waals surface area (Å²) in [5.74, 6) is 22.5. The maximum absolute atomic E-state index is 12.4. The average Bonchev–Trinajstić information content (AvgIpc) is 0.847. The summed E-state index contributed by atoms with van der Waals surface area (Å²) in [6.07, 6.45) is 14.7. The van der Waals surface area contributed by atoms with E-state index in [4.69, 9.17) is 26.8 Å². The van der Waals surface area contributed by atoms with Crippen molar-refractivity contribution in [1.82, 2.24) is 0 Å². The number of hydrogen-bond acceptors (Lipinski definition) is 16. The molecule has 0 bridgehead atoms. The van der Waals surface area contributed by atoms with Gasteiger partial charge < -0.3 is 32.1 Å². The van der Waals surface area contributed by atoms with Gasteiger partial charge in [-0.05, 0) is 259 Å². The Kier molecular flexibility index (Phi) is 45.0. The van der Waals surface area contributed by atoms with E-state index in [1.54, 1.807) is 255 Å². The van der Waals surface area contributed by atoms with Gasteiger partial charge in [0.25, 0.3) is 50.1 Å². The first-order valence-electron chi connectivity index (χ1n) is 37.0. The molecule has 0 radical (unpaired) electrons. The molecule has 0 aliphatic carbocycles. The van der Waals surface area contributed by atoms with Crippen LogP contribution in [0.4, 0.5) is 45.5 Å². The molecule has 0 unspecified atom stereocenters. The summed E-state index contributed by atoms with van der Waals surface area (Å²) >= 11 is 4.36. The van der Waals surface area contributed by atoms with Crippen LogP contribution >= 0.6 is 45.2 Å². The van der Waals surface area contributed by atoms with E-state index >= 15 is 0 Å². The molecule has 12 aromatic rings. The van der Waals surface area contributed by atoms with Gasteiger partial charge in [0.1, 0.15) is 13.2 Å². The number of carboxylic acids is 1. The first-order chi connectivity index (χ1) is 60.3. The third kappa shape index (κ3) is 40.4. The summed E-state index contributed by atoms with van der Waals surface area (Å²) in [5.41, 5.74) is 17.9. The van der Waals surface area contributed by atoms with Crippen LogP contribution in [0.25, 0.3) is 0 Å². The van der Waals surface area contributed by atoms with Gasteiger partial charge in [0.2, 0.25) is 5.91 Å². The van der Waals surface area contributed by atoms with E-state index in [0.29, 0.717) is 56.5 Å². The number of aliphatic hydroxyl groups is 2. The van der Waals surface area contributed by atoms with Crippen LogP contribution in [-0.2, 0) is 59.7 Å². The van der Waals surface area contributed by atoms with Crippen molar-refractivity contribution in [2.24, 2.45) is 0 Å². The number of rotatable bonds is 18. The second kappa shape index (κ2) is 55.2. The summed E-state index contributed by atoms with van der Waals surface area (Å²) in [7, 11) is -18.0. The Morgan fingerprint density at radius 2 is 0.667 bits per heavy atom. The van der Waals surface area contributed by atoms with Crippen molar-refractivity contribution in [3.05, 3.63) is 400 Å². The third-order valence-corrected chi connectivity index (χ3v) is 23.1. The zero-order chi connectivity index (χ0) is 92.1. The van der Waals surface area contributed by atoms with Crippen molar-refractivity contribution >= 4 is 153 Å². The van der Waals surface area contributed by atoms with E-state index in [0.717, 1.165) is 20.9 Å². The minimum Gasteiger partial charge on any atom is -0.478 e. The van der Waals surface area contributed by atoms with Gasteiger partial charge in [0.15, 0.2) is 0 Å². The quantitative estimate of drug-likeness (QED) is 0.0125. The van der Waals surface area contributed by atoms with Crippen LogP contribution < -0.4 is 40.4 Å². The molecule has 0 atom stereocenters. The summed E-state index contributed by atoms with van der Waals surface area (Å²) in [5, 5.41) is 27.4. The fourth-order valence-electron chi connectivity index (χ4n) is 9.38. The minimum atomic E-state index is -3.68. The summed E-state index contributed by atoms with van der Waals surface area (Å²) in [6.45, 7) is 6.75. The number of allylic oxidation sites excluding steroid dienone is 5. The van der Waals surface area contributed by atoms with Crippen molar-refractivity contribution in [3.63, 3.8) is 0 Å². The second-order valence-electron chi connectivity index (χ2n) is 24.6. The van der Waals surface area contributed by atoms with Gasteiger partial charge in [-0.2, -0.15) is 0 Å². The van der Waals surface area contributed by atoms with E-state index in [1.165, 1.54) is 58.2 Å². The number of hydrogen-bond donors (Lipinski definition) is 11. The molecule has 126 heavy (non-hydrogen) atoms. The number of nitrogens with two attached hydrogens (primary N) is 2. The highest BCUT2D eigenvalue weighted by atomic mass is 127. The number of sulfonamides is 5. The lowest BCUT2D eigenvalue weighted by atomic mass is 10.2. The number of amides is 1. The fourth-order valence-corrected chi connectivity index (χ4v) is 15.8. The Hall–Kier alpha value is -13.9. The van der Waals surface area contributed by atoms with Gasteiger partial charge in [-0.25, -0.2) is 46.9 Å². The van der Waals surface area contributed by atoms with Crippen LogP contribution in [0, 0.1) is 66.8 Å². The number of aliphatic carboxylic acids is 1. The van der Waals surface area contributed by atoms with Gasteiger partial charge in [-0.1, -0.05) is 205 Å². The third-order valence-electron chi connectivity index (χ3n) is 14.8. The van der Waals surface area contributed by atoms with Crippen molar-refractivity contribution in [1.29, 1.82) is 0 Å². The lowest BCUT2D eigenvalue weighted by Crippen LogP contribution is -2.12. The van der Waals surface area contributed by atoms with Crippen LogP contribution in [0.2, 0.25) is 0 Å². The largest absolute Gasteiger partial charge is 0.478 e. The molecule has 13 N–H and O–H groups in total. The Balaban J connectivity index is 0.000000270. The molecule has 0 heterocycles. The van der Waals surface area contributed by atoms with Gasteiger partial charge in [0, 0.05) is 52.9 Å². The second-order valence-corrected chi connectivity index (χ2v) is 35.5. The number of halogens is 2. The number of carbonyl (C=O) groups excluding carboxylic acids is 1. The van der Waals surface area contributed by atoms with Crippen molar-refractivity contribution in [2.75, 3.05) is 53.6 Å². The molecule has 12 aromatic carbocycles. The molecular formula is C96H86I2N8O15S5. The van der Waals surface area contributed by atoms with E-state index in [1.807, 2.05) is 68.3 Å². The molecule has 0 fully saturated rings. The van der Waals surface area contributed by atoms with Crippen LogP contribution in [-0.4, -0.2) is 82.5 Å². The van der Waals surface area contributed by atoms with Crippen molar-refractivity contribution < 1.29 is 67.0 Å². The van der Waals surface area contributed by atoms with E-state index in [9.17, 15) is 51.7 Å². The number of anilines is 8. The Bertz CT molecular complexity index is 6590. The minimum absolute atomic E-state index is 0.153. The summed E-state index contributed by atoms with van der Waals surface area (Å²) in [4.78, 5) is 23.3. The van der Waals surface area contributed by atoms with Gasteiger partial charge in [-0.3, -0.25) is 28.4 Å². The molecule has 0 aliphatic rings. The summed E-state index contributed by atoms with van der Waals surface area (Å²) < 4.78 is 137. The number of nitrogen functional groups attached to an aromatic ring is 2. The Morgan fingerprint density at radius 1 is 0.381 bits per heavy atom. The number of carboxylic acid groups (broad SMARTS) is 1. The normalized spacial score (nSPS) is 10.4. The van der Waals surface area contributed by atoms with Crippen LogP contribution in [0.3, 0.4) is 0 Å². The van der Waals surface area contributed by atoms with Crippen molar-refractivity contribution in [3.8, 4) is 59.7 Å². The van der Waals surface area contributed by atoms with Crippen LogP contribution in [0.15, 0.2) is 395 Å². The molecule has 644 valence electrons. The van der Waals surface area contributed by atoms with Gasteiger partial charge >= 0.3 is 5.97 Å². The maximum atomic E-state index is 12.4. The summed E-state index contributed by atoms with van der Waals surface area (Å²) in [6, 6.07) is 89.7. The highest BCUT2D eigenvalue weighted by Crippen LogP contribution is 2.24. The molecule has 0 aliphatic heterocycles. The molecule has 0 spiro atoms. The molecule has 30 heteroatoms. The predicted molar refractivity (Wildman–Crippen MR) is 521 cm³/mol. The SMILES string of the molecule is C#CCO.C/C=C/C#Cc1cccc(NS(=O)(=O)c2ccccc2)c1.C=CC.Nc1cccc(I)c1.Nc1ccccc1NC(=O)/C=C/C#Cc1cccc(NS(=O)(=O)c2ccccc2)c1.O=C(O)/C=C/C#Cc1cccc(NS(=O)(=O)c2ccccc2)c1.O=S(=O)(Nc1cccc(C#CCO)c1)c1ccccc1.O=S(=O)(Nc1cccc(I)c1)c1ccccc1. The number of nitrogens with one attached hydrogen (secondary N) is 6. The lowest BCUT2D eigenvalue weighted by molar-refractivity contribution is -0.131. The molecule has 0 aromatic heterocycles. The van der Waals surface area contributed by atoms with Gasteiger partial charge in [0.05, 0.1) is 58.6 Å². The zero-order valence-electron chi connectivity index (χ0n) is 67.5. The van der Waals surface area contributed by atoms with Gasteiger partial charge in [-0.15, -0.1) is 13.0 Å². The molecule has 12 rings (SSSR count). The smallest absolute Gasteiger partial charge is 0.328 e. The molecule has 0 saturated carbocycles. The number of terminal acetylenes is 1. The highest BCUT2D eigenvalue weighted by molar-refractivity contribution is 14.1. The Morgan fingerprint density at radius 3 is 0.952 bits per heavy atom.